The van der Waals surface area contributed by atoms with Gasteiger partial charge in [-0.25, -0.2) is 0 Å². The Kier molecular flexibility index (Phi) is 7.65. The lowest BCUT2D eigenvalue weighted by Crippen LogP contribution is -2.60. The number of allylic oxidation sites excluding steroid dienone is 2. The number of hydrogen-bond donors (Lipinski definition) is 1. The molecule has 0 aliphatic heterocycles. The van der Waals surface area contributed by atoms with Gasteiger partial charge in [0, 0.05) is 11.3 Å². The number of rotatable bonds is 8. The maximum absolute atomic E-state index is 13.3. The fourth-order valence-corrected chi connectivity index (χ4v) is 8.84. The number of hydrogen-bond acceptors (Lipinski definition) is 5. The first kappa shape index (κ1) is 25.9. The van der Waals surface area contributed by atoms with Crippen molar-refractivity contribution in [2.75, 3.05) is 19.6 Å². The molecule has 4 rings (SSSR count). The van der Waals surface area contributed by atoms with Crippen molar-refractivity contribution in [3.8, 4) is 0 Å². The molecule has 8 atom stereocenters. The Morgan fingerprint density at radius 3 is 2.50 bits per heavy atom. The molecular weight excluding hydrogens is 426 g/mol. The Morgan fingerprint density at radius 1 is 1.15 bits per heavy atom. The van der Waals surface area contributed by atoms with Gasteiger partial charge in [0.25, 0.3) is 0 Å². The van der Waals surface area contributed by atoms with Crippen LogP contribution in [0.1, 0.15) is 92.4 Å². The molecule has 192 valence electrons. The summed E-state index contributed by atoms with van der Waals surface area (Å²) in [6, 6.07) is 0. The maximum atomic E-state index is 13.3. The molecule has 0 aromatic heterocycles. The minimum absolute atomic E-state index is 0.0833. The molecule has 3 fully saturated rings. The smallest absolute Gasteiger partial charge is 0.320 e. The molecule has 0 radical (unpaired) electrons. The van der Waals surface area contributed by atoms with E-state index in [9.17, 15) is 14.7 Å². The van der Waals surface area contributed by atoms with Crippen LogP contribution in [-0.2, 0) is 14.3 Å². The molecule has 0 spiro atoms. The third-order valence-electron chi connectivity index (χ3n) is 10.2. The van der Waals surface area contributed by atoms with Crippen molar-refractivity contribution in [2.45, 2.75) is 105 Å². The van der Waals surface area contributed by atoms with Gasteiger partial charge in [-0.3, -0.25) is 14.5 Å². The highest BCUT2D eigenvalue weighted by molar-refractivity contribution is 5.95. The first-order chi connectivity index (χ1) is 16.1. The molecule has 3 saturated carbocycles. The fourth-order valence-electron chi connectivity index (χ4n) is 8.84. The number of carbonyl (C=O) groups is 2. The van der Waals surface area contributed by atoms with Gasteiger partial charge in [-0.2, -0.15) is 0 Å². The van der Waals surface area contributed by atoms with Crippen LogP contribution in [0.4, 0.5) is 0 Å². The minimum Gasteiger partial charge on any atom is -0.461 e. The van der Waals surface area contributed by atoms with Gasteiger partial charge in [-0.1, -0.05) is 33.8 Å². The van der Waals surface area contributed by atoms with E-state index in [0.29, 0.717) is 30.2 Å². The number of nitrogens with zero attached hydrogens (tertiary/aromatic N) is 1. The number of aliphatic hydroxyl groups is 1. The zero-order chi connectivity index (χ0) is 24.7. The second-order valence-electron chi connectivity index (χ2n) is 12.3. The number of esters is 1. The van der Waals surface area contributed by atoms with E-state index in [1.807, 2.05) is 0 Å². The first-order valence-electron chi connectivity index (χ1n) is 14.0. The predicted molar refractivity (Wildman–Crippen MR) is 134 cm³/mol. The molecule has 0 unspecified atom stereocenters. The van der Waals surface area contributed by atoms with Crippen LogP contribution in [0.2, 0.25) is 0 Å². The second kappa shape index (κ2) is 10.0. The van der Waals surface area contributed by atoms with Crippen molar-refractivity contribution in [2.24, 2.45) is 34.5 Å². The van der Waals surface area contributed by atoms with Gasteiger partial charge in [0.15, 0.2) is 5.78 Å². The lowest BCUT2D eigenvalue weighted by Gasteiger charge is -2.62. The van der Waals surface area contributed by atoms with Gasteiger partial charge in [0.05, 0.1) is 12.6 Å². The Balaban J connectivity index is 1.63. The summed E-state index contributed by atoms with van der Waals surface area (Å²) in [7, 11) is 0. The number of ether oxygens (including phenoxy) is 1. The lowest BCUT2D eigenvalue weighted by molar-refractivity contribution is -0.194. The van der Waals surface area contributed by atoms with Crippen LogP contribution in [0.15, 0.2) is 11.6 Å². The Bertz CT molecular complexity index is 802. The van der Waals surface area contributed by atoms with Crippen LogP contribution in [-0.4, -0.2) is 53.6 Å². The molecule has 5 heteroatoms. The fraction of sp³-hybridized carbons (Fsp3) is 0.862. The molecule has 0 aromatic rings. The van der Waals surface area contributed by atoms with Crippen LogP contribution in [0.3, 0.4) is 0 Å². The Hall–Kier alpha value is -1.20. The minimum atomic E-state index is -0.206. The molecule has 1 N–H and O–H groups in total. The van der Waals surface area contributed by atoms with Crippen molar-refractivity contribution in [1.82, 2.24) is 4.90 Å². The molecule has 4 aliphatic rings. The summed E-state index contributed by atoms with van der Waals surface area (Å²) in [5, 5.41) is 10.4. The van der Waals surface area contributed by atoms with E-state index in [2.05, 4.69) is 38.7 Å². The molecule has 4 aliphatic carbocycles. The Morgan fingerprint density at radius 2 is 1.85 bits per heavy atom. The number of Topliss-reactive ketones (excluding diaryl/α,β-unsaturated/α-hetero) is 1. The number of fused-ring (bicyclic) bond motifs is 5. The average Bonchev–Trinajstić information content (AvgIpc) is 3.11. The third-order valence-corrected chi connectivity index (χ3v) is 10.2. The summed E-state index contributed by atoms with van der Waals surface area (Å²) in [6.45, 7) is 12.8. The van der Waals surface area contributed by atoms with Crippen LogP contribution >= 0.6 is 0 Å². The molecule has 0 amide bonds. The standard InChI is InChI=1S/C29H47NO4/c1-6-14-30(15-7-2)18-26(33)34-25-17-29(5)23(19(3)31)10-11-24(29)22-9-8-20-16-21(32)12-13-28(20,4)27(22)25/h10,20-22,24-25,27,32H,6-9,11-18H2,1-5H3/t20-,21-,22-,24-,25-,27+,28-,29+/m0/s1. The van der Waals surface area contributed by atoms with E-state index in [0.717, 1.165) is 76.5 Å². The van der Waals surface area contributed by atoms with Crippen molar-refractivity contribution < 1.29 is 19.4 Å². The normalized spacial score (nSPS) is 41.3. The third kappa shape index (κ3) is 4.52. The van der Waals surface area contributed by atoms with Gasteiger partial charge in [-0.15, -0.1) is 0 Å². The van der Waals surface area contributed by atoms with Gasteiger partial charge >= 0.3 is 5.97 Å². The van der Waals surface area contributed by atoms with E-state index in [-0.39, 0.29) is 34.8 Å². The van der Waals surface area contributed by atoms with Gasteiger partial charge in [-0.05, 0) is 107 Å². The highest BCUT2D eigenvalue weighted by Crippen LogP contribution is 2.66. The summed E-state index contributed by atoms with van der Waals surface area (Å²) in [4.78, 5) is 28.1. The summed E-state index contributed by atoms with van der Waals surface area (Å²) in [5.74, 6) is 1.77. The largest absolute Gasteiger partial charge is 0.461 e. The van der Waals surface area contributed by atoms with Crippen molar-refractivity contribution in [1.29, 1.82) is 0 Å². The zero-order valence-electron chi connectivity index (χ0n) is 22.1. The van der Waals surface area contributed by atoms with E-state index < -0.39 is 0 Å². The van der Waals surface area contributed by atoms with Crippen LogP contribution in [0, 0.1) is 34.5 Å². The summed E-state index contributed by atoms with van der Waals surface area (Å²) >= 11 is 0. The zero-order valence-corrected chi connectivity index (χ0v) is 22.1. The highest BCUT2D eigenvalue weighted by atomic mass is 16.5. The number of aliphatic hydroxyl groups excluding tert-OH is 1. The summed E-state index contributed by atoms with van der Waals surface area (Å²) < 4.78 is 6.44. The van der Waals surface area contributed by atoms with Crippen molar-refractivity contribution in [3.63, 3.8) is 0 Å². The molecule has 34 heavy (non-hydrogen) atoms. The van der Waals surface area contributed by atoms with Gasteiger partial charge < -0.3 is 9.84 Å². The van der Waals surface area contributed by atoms with E-state index in [1.165, 1.54) is 0 Å². The molecule has 0 saturated heterocycles. The summed E-state index contributed by atoms with van der Waals surface area (Å²) in [5.41, 5.74) is 0.837. The molecule has 0 bridgehead atoms. The van der Waals surface area contributed by atoms with Crippen molar-refractivity contribution >= 4 is 11.8 Å². The van der Waals surface area contributed by atoms with Crippen LogP contribution < -0.4 is 0 Å². The van der Waals surface area contributed by atoms with Crippen LogP contribution in [0.5, 0.6) is 0 Å². The summed E-state index contributed by atoms with van der Waals surface area (Å²) in [6.07, 6.45) is 10.6. The molecule has 0 heterocycles. The van der Waals surface area contributed by atoms with E-state index >= 15 is 0 Å². The topological polar surface area (TPSA) is 66.8 Å². The monoisotopic (exact) mass is 473 g/mol. The van der Waals surface area contributed by atoms with Crippen molar-refractivity contribution in [3.05, 3.63) is 11.6 Å². The number of carbonyl (C=O) groups excluding carboxylic acids is 2. The van der Waals surface area contributed by atoms with E-state index in [4.69, 9.17) is 4.74 Å². The SMILES string of the molecule is CCCN(CCC)CC(=O)O[C@H]1C[C@]2(C)C(C(C)=O)=CC[C@H]2[C@@H]2CC[C@H]3C[C@@H](O)CC[C@]3(C)[C@H]21. The second-order valence-corrected chi connectivity index (χ2v) is 12.3. The Labute approximate surface area is 206 Å². The first-order valence-corrected chi connectivity index (χ1v) is 14.0. The van der Waals surface area contributed by atoms with Gasteiger partial charge in [0.1, 0.15) is 6.10 Å². The average molecular weight is 474 g/mol. The van der Waals surface area contributed by atoms with E-state index in [1.54, 1.807) is 6.92 Å². The molecular formula is C29H47NO4. The molecule has 5 nitrogen and oxygen atoms in total. The maximum Gasteiger partial charge on any atom is 0.320 e. The predicted octanol–water partition coefficient (Wildman–Crippen LogP) is 5.16. The van der Waals surface area contributed by atoms with Crippen LogP contribution in [0.25, 0.3) is 0 Å². The number of ketones is 1. The lowest BCUT2D eigenvalue weighted by atomic mass is 9.44. The quantitative estimate of drug-likeness (QED) is 0.493. The highest BCUT2D eigenvalue weighted by Gasteiger charge is 2.63. The van der Waals surface area contributed by atoms with Gasteiger partial charge in [0.2, 0.25) is 0 Å². The molecule has 0 aromatic carbocycles.